The molecule has 0 saturated carbocycles. The van der Waals surface area contributed by atoms with E-state index in [1.807, 2.05) is 0 Å². The van der Waals surface area contributed by atoms with Gasteiger partial charge in [-0.25, -0.2) is 0 Å². The zero-order chi connectivity index (χ0) is 19.3. The number of nitrogens with zero attached hydrogens (tertiary/aromatic N) is 1. The van der Waals surface area contributed by atoms with E-state index in [0.29, 0.717) is 0 Å². The van der Waals surface area contributed by atoms with E-state index in [1.54, 1.807) is 0 Å². The molecule has 0 rings (SSSR count). The third-order valence-corrected chi connectivity index (χ3v) is 6.15. The Hall–Kier alpha value is 0.622. The van der Waals surface area contributed by atoms with Crippen LogP contribution >= 0.6 is 0 Å². The van der Waals surface area contributed by atoms with Gasteiger partial charge in [-0.3, -0.25) is 0 Å². The van der Waals surface area contributed by atoms with Gasteiger partial charge >= 0.3 is 18.9 Å². The molecule has 0 fully saturated rings. The zero-order valence-corrected chi connectivity index (χ0v) is 20.3. The maximum atomic E-state index is 2.56. The first-order valence-corrected chi connectivity index (χ1v) is 12.5. The molecule has 0 spiro atoms. The molecule has 0 aromatic heterocycles. The van der Waals surface area contributed by atoms with Gasteiger partial charge in [0.2, 0.25) is 0 Å². The molecule has 0 aliphatic carbocycles. The summed E-state index contributed by atoms with van der Waals surface area (Å²) < 4.78 is 1.36. The predicted octanol–water partition coefficient (Wildman–Crippen LogP) is 4.07. The van der Waals surface area contributed by atoms with Crippen molar-refractivity contribution >= 4 is 8.41 Å². The molecular formula is C25H58BLiN+. The molecule has 0 aliphatic heterocycles. The molecule has 0 unspecified atom stereocenters. The van der Waals surface area contributed by atoms with Gasteiger partial charge in [0.25, 0.3) is 0 Å². The number of unbranched alkanes of at least 4 members (excludes halogenated alkanes) is 15. The molecule has 0 aliphatic rings. The first kappa shape index (κ1) is 33.3. The van der Waals surface area contributed by atoms with E-state index in [0.717, 1.165) is 0 Å². The zero-order valence-electron chi connectivity index (χ0n) is 20.3. The molecule has 0 N–H and O–H groups in total. The second-order valence-corrected chi connectivity index (χ2v) is 9.09. The average molecular weight is 390 g/mol. The van der Waals surface area contributed by atoms with Crippen molar-refractivity contribution in [2.75, 3.05) is 26.7 Å². The van der Waals surface area contributed by atoms with E-state index in [4.69, 9.17) is 0 Å². The summed E-state index contributed by atoms with van der Waals surface area (Å²) in [4.78, 5) is 0. The minimum atomic E-state index is 0. The summed E-state index contributed by atoms with van der Waals surface area (Å²) in [6.07, 6.45) is 25.9. The van der Waals surface area contributed by atoms with Gasteiger partial charge in [-0.1, -0.05) is 106 Å². The Balaban J connectivity index is -0.00000312. The molecular weight excluding hydrogens is 332 g/mol. The number of hydrogen-bond donors (Lipinski definition) is 0. The van der Waals surface area contributed by atoms with Crippen LogP contribution in [0.2, 0.25) is 0 Å². The summed E-state index contributed by atoms with van der Waals surface area (Å²) in [5.74, 6) is 0. The van der Waals surface area contributed by atoms with Crippen LogP contribution in [0.25, 0.3) is 0 Å². The Morgan fingerprint density at radius 3 is 0.857 bits per heavy atom. The summed E-state index contributed by atoms with van der Waals surface area (Å²) in [5.41, 5.74) is 0. The first-order chi connectivity index (χ1) is 12.7. The molecule has 0 atom stereocenters. The molecule has 0 aromatic carbocycles. The number of hydrogen-bond acceptors (Lipinski definition) is 0. The fraction of sp³-hybridized carbons (Fsp3) is 1.00. The van der Waals surface area contributed by atoms with Gasteiger partial charge < -0.3 is 4.48 Å². The quantitative estimate of drug-likeness (QED) is 0.157. The molecule has 0 radical (unpaired) electrons. The van der Waals surface area contributed by atoms with Crippen molar-refractivity contribution in [1.82, 2.24) is 0 Å². The molecule has 0 aromatic rings. The van der Waals surface area contributed by atoms with Crippen LogP contribution in [0, 0.1) is 0 Å². The van der Waals surface area contributed by atoms with Crippen LogP contribution in [0.1, 0.15) is 136 Å². The van der Waals surface area contributed by atoms with Crippen molar-refractivity contribution in [2.24, 2.45) is 0 Å². The van der Waals surface area contributed by atoms with E-state index in [2.05, 4.69) is 27.8 Å². The fourth-order valence-electron chi connectivity index (χ4n) is 4.16. The summed E-state index contributed by atoms with van der Waals surface area (Å²) in [6, 6.07) is 0. The third-order valence-electron chi connectivity index (χ3n) is 6.15. The van der Waals surface area contributed by atoms with Gasteiger partial charge in [-0.2, -0.15) is 0 Å². The van der Waals surface area contributed by atoms with Crippen LogP contribution in [0.5, 0.6) is 0 Å². The van der Waals surface area contributed by atoms with Crippen LogP contribution in [0.4, 0.5) is 0 Å². The predicted molar refractivity (Wildman–Crippen MR) is 132 cm³/mol. The Labute approximate surface area is 194 Å². The normalized spacial score (nSPS) is 11.1. The number of quaternary nitrogens is 1. The largest absolute Gasteiger partial charge is 1.00 e. The maximum absolute atomic E-state index is 2.56. The van der Waals surface area contributed by atoms with Crippen LogP contribution in [0.15, 0.2) is 0 Å². The second-order valence-electron chi connectivity index (χ2n) is 9.09. The molecule has 0 heterocycles. The van der Waals surface area contributed by atoms with Crippen LogP contribution < -0.4 is 18.9 Å². The Morgan fingerprint density at radius 1 is 0.393 bits per heavy atom. The third kappa shape index (κ3) is 22.9. The van der Waals surface area contributed by atoms with E-state index in [1.165, 1.54) is 140 Å². The van der Waals surface area contributed by atoms with Gasteiger partial charge in [0.1, 0.15) is 0 Å². The van der Waals surface area contributed by atoms with Crippen molar-refractivity contribution < 1.29 is 23.3 Å². The standard InChI is InChI=1S/C25H54N.BH4.Li/c1-5-8-11-14-17-20-23-26(4,24-21-18-15-12-9-6-2)25-22-19-16-13-10-7-3;;/h5-25H2,1-4H3;1H4;/q+1;-1;+1. The molecule has 166 valence electrons. The van der Waals surface area contributed by atoms with Gasteiger partial charge in [0.15, 0.2) is 0 Å². The Bertz CT molecular complexity index is 232. The van der Waals surface area contributed by atoms with Crippen molar-refractivity contribution in [2.45, 2.75) is 136 Å². The first-order valence-electron chi connectivity index (χ1n) is 12.5. The second kappa shape index (κ2) is 25.7. The summed E-state index contributed by atoms with van der Waals surface area (Å²) >= 11 is 0. The molecule has 0 bridgehead atoms. The monoisotopic (exact) mass is 390 g/mol. The Kier molecular flexibility index (Phi) is 30.5. The van der Waals surface area contributed by atoms with Crippen LogP contribution in [-0.2, 0) is 0 Å². The molecule has 28 heavy (non-hydrogen) atoms. The van der Waals surface area contributed by atoms with E-state index in [-0.39, 0.29) is 27.3 Å². The SMILES string of the molecule is CCCCCCCC[N+](C)(CCCCCCCC)CCCCCCCC.[BH4-].[Li+]. The summed E-state index contributed by atoms with van der Waals surface area (Å²) in [7, 11) is 2.56. The van der Waals surface area contributed by atoms with Crippen molar-refractivity contribution in [3.05, 3.63) is 0 Å². The van der Waals surface area contributed by atoms with Gasteiger partial charge in [0.05, 0.1) is 26.7 Å². The van der Waals surface area contributed by atoms with Crippen LogP contribution in [-0.4, -0.2) is 39.6 Å². The smallest absolute Gasteiger partial charge is 0.326 e. The number of rotatable bonds is 21. The van der Waals surface area contributed by atoms with E-state index in [9.17, 15) is 0 Å². The molecule has 0 amide bonds. The van der Waals surface area contributed by atoms with Gasteiger partial charge in [0, 0.05) is 0 Å². The minimum absolute atomic E-state index is 0. The van der Waals surface area contributed by atoms with Crippen molar-refractivity contribution in [3.63, 3.8) is 0 Å². The van der Waals surface area contributed by atoms with Crippen molar-refractivity contribution in [3.8, 4) is 0 Å². The topological polar surface area (TPSA) is 0 Å². The molecule has 1 nitrogen and oxygen atoms in total. The summed E-state index contributed by atoms with van der Waals surface area (Å²) in [6.45, 7) is 11.2. The van der Waals surface area contributed by atoms with Crippen LogP contribution in [0.3, 0.4) is 0 Å². The maximum Gasteiger partial charge on any atom is 1.00 e. The van der Waals surface area contributed by atoms with Crippen molar-refractivity contribution in [1.29, 1.82) is 0 Å². The van der Waals surface area contributed by atoms with E-state index < -0.39 is 0 Å². The summed E-state index contributed by atoms with van der Waals surface area (Å²) in [5, 5.41) is 0. The Morgan fingerprint density at radius 2 is 0.607 bits per heavy atom. The average Bonchev–Trinajstić information content (AvgIpc) is 2.64. The minimum Gasteiger partial charge on any atom is -0.326 e. The van der Waals surface area contributed by atoms with E-state index >= 15 is 0 Å². The molecule has 3 heteroatoms. The van der Waals surface area contributed by atoms with Gasteiger partial charge in [-0.15, -0.1) is 0 Å². The van der Waals surface area contributed by atoms with Gasteiger partial charge in [-0.05, 0) is 38.5 Å². The molecule has 0 saturated heterocycles. The fourth-order valence-corrected chi connectivity index (χ4v) is 4.16.